The van der Waals surface area contributed by atoms with Crippen LogP contribution in [0.1, 0.15) is 29.8 Å². The Kier molecular flexibility index (Phi) is 5.75. The summed E-state index contributed by atoms with van der Waals surface area (Å²) in [5.74, 6) is -0.0898. The molecular formula is C21H23N3O6. The summed E-state index contributed by atoms with van der Waals surface area (Å²) in [5.41, 5.74) is 0.244. The number of hydrogen-bond acceptors (Lipinski definition) is 6. The van der Waals surface area contributed by atoms with Gasteiger partial charge in [0.25, 0.3) is 11.6 Å². The summed E-state index contributed by atoms with van der Waals surface area (Å²) in [6, 6.07) is 9.23. The van der Waals surface area contributed by atoms with E-state index in [-0.39, 0.29) is 23.8 Å². The van der Waals surface area contributed by atoms with Crippen LogP contribution in [0, 0.1) is 10.1 Å². The Hall–Kier alpha value is -3.46. The molecule has 9 heteroatoms. The van der Waals surface area contributed by atoms with Crippen LogP contribution in [0.2, 0.25) is 0 Å². The summed E-state index contributed by atoms with van der Waals surface area (Å²) in [4.78, 5) is 38.1. The highest BCUT2D eigenvalue weighted by Crippen LogP contribution is 2.46. The molecule has 0 bridgehead atoms. The highest BCUT2D eigenvalue weighted by atomic mass is 16.6. The van der Waals surface area contributed by atoms with Crippen LogP contribution >= 0.6 is 0 Å². The van der Waals surface area contributed by atoms with E-state index in [0.29, 0.717) is 29.2 Å². The van der Waals surface area contributed by atoms with Crippen molar-refractivity contribution in [2.75, 3.05) is 37.6 Å². The second-order valence-corrected chi connectivity index (χ2v) is 7.40. The second kappa shape index (κ2) is 8.11. The predicted molar refractivity (Wildman–Crippen MR) is 111 cm³/mol. The number of benzene rings is 2. The molecule has 2 amide bonds. The minimum Gasteiger partial charge on any atom is -0.497 e. The molecule has 9 nitrogen and oxygen atoms in total. The molecule has 0 radical (unpaired) electrons. The molecule has 158 valence electrons. The first-order valence-electron chi connectivity index (χ1n) is 9.30. The SMILES string of the molecule is COCCN1C(=O)C(C)(C)c2cc(NC(=O)c3ccc(OC)cc3)c([N+](=O)[O-])cc21. The Morgan fingerprint density at radius 1 is 1.20 bits per heavy atom. The zero-order chi connectivity index (χ0) is 22.1. The lowest BCUT2D eigenvalue weighted by Gasteiger charge is -2.19. The molecule has 1 aliphatic rings. The zero-order valence-corrected chi connectivity index (χ0v) is 17.2. The summed E-state index contributed by atoms with van der Waals surface area (Å²) < 4.78 is 10.1. The molecular weight excluding hydrogens is 390 g/mol. The van der Waals surface area contributed by atoms with Gasteiger partial charge in [0.1, 0.15) is 11.4 Å². The first-order valence-corrected chi connectivity index (χ1v) is 9.30. The third-order valence-corrected chi connectivity index (χ3v) is 5.17. The van der Waals surface area contributed by atoms with Gasteiger partial charge in [0.2, 0.25) is 5.91 Å². The summed E-state index contributed by atoms with van der Waals surface area (Å²) in [6.45, 7) is 4.08. The number of nitro groups is 1. The van der Waals surface area contributed by atoms with Crippen LogP contribution in [0.4, 0.5) is 17.1 Å². The molecule has 0 saturated carbocycles. The van der Waals surface area contributed by atoms with E-state index in [9.17, 15) is 19.7 Å². The highest BCUT2D eigenvalue weighted by molar-refractivity contribution is 6.10. The van der Waals surface area contributed by atoms with Crippen LogP contribution in [-0.2, 0) is 14.9 Å². The molecule has 0 aromatic heterocycles. The number of carbonyl (C=O) groups is 2. The van der Waals surface area contributed by atoms with Crippen LogP contribution < -0.4 is 15.0 Å². The largest absolute Gasteiger partial charge is 0.497 e. The summed E-state index contributed by atoms with van der Waals surface area (Å²) in [7, 11) is 3.04. The Bertz CT molecular complexity index is 1000. The van der Waals surface area contributed by atoms with Crippen molar-refractivity contribution in [3.63, 3.8) is 0 Å². The summed E-state index contributed by atoms with van der Waals surface area (Å²) in [6.07, 6.45) is 0. The average Bonchev–Trinajstić information content (AvgIpc) is 2.91. The van der Waals surface area contributed by atoms with Crippen molar-refractivity contribution in [3.05, 3.63) is 57.6 Å². The number of carbonyl (C=O) groups excluding carboxylic acids is 2. The van der Waals surface area contributed by atoms with E-state index < -0.39 is 16.2 Å². The number of amides is 2. The third kappa shape index (κ3) is 3.71. The van der Waals surface area contributed by atoms with Gasteiger partial charge in [-0.25, -0.2) is 0 Å². The molecule has 1 heterocycles. The van der Waals surface area contributed by atoms with Gasteiger partial charge < -0.3 is 19.7 Å². The van der Waals surface area contributed by atoms with Gasteiger partial charge in [-0.2, -0.15) is 0 Å². The topological polar surface area (TPSA) is 111 Å². The first kappa shape index (κ1) is 21.3. The number of rotatable bonds is 7. The number of fused-ring (bicyclic) bond motifs is 1. The highest BCUT2D eigenvalue weighted by Gasteiger charge is 2.45. The van der Waals surface area contributed by atoms with Gasteiger partial charge >= 0.3 is 0 Å². The van der Waals surface area contributed by atoms with Gasteiger partial charge in [-0.3, -0.25) is 19.7 Å². The Labute approximate surface area is 173 Å². The normalized spacial score (nSPS) is 14.4. The molecule has 0 saturated heterocycles. The number of anilines is 2. The van der Waals surface area contributed by atoms with E-state index >= 15 is 0 Å². The number of ether oxygens (including phenoxy) is 2. The van der Waals surface area contributed by atoms with Gasteiger partial charge in [0, 0.05) is 25.3 Å². The fourth-order valence-corrected chi connectivity index (χ4v) is 3.46. The Morgan fingerprint density at radius 3 is 2.43 bits per heavy atom. The fourth-order valence-electron chi connectivity index (χ4n) is 3.46. The maximum absolute atomic E-state index is 12.9. The second-order valence-electron chi connectivity index (χ2n) is 7.40. The smallest absolute Gasteiger partial charge is 0.294 e. The van der Waals surface area contributed by atoms with E-state index in [1.807, 2.05) is 0 Å². The van der Waals surface area contributed by atoms with E-state index in [0.717, 1.165) is 0 Å². The van der Waals surface area contributed by atoms with Crippen molar-refractivity contribution in [1.29, 1.82) is 0 Å². The van der Waals surface area contributed by atoms with E-state index in [4.69, 9.17) is 9.47 Å². The van der Waals surface area contributed by atoms with Crippen LogP contribution in [0.25, 0.3) is 0 Å². The maximum atomic E-state index is 12.9. The van der Waals surface area contributed by atoms with E-state index in [1.54, 1.807) is 38.1 Å². The molecule has 0 aliphatic carbocycles. The van der Waals surface area contributed by atoms with Gasteiger partial charge in [0.05, 0.1) is 29.7 Å². The molecule has 0 atom stereocenters. The van der Waals surface area contributed by atoms with E-state index in [2.05, 4.69) is 5.32 Å². The van der Waals surface area contributed by atoms with Gasteiger partial charge in [0.15, 0.2) is 0 Å². The molecule has 30 heavy (non-hydrogen) atoms. The molecule has 0 fully saturated rings. The number of hydrogen-bond donors (Lipinski definition) is 1. The fraction of sp³-hybridized carbons (Fsp3) is 0.333. The monoisotopic (exact) mass is 413 g/mol. The number of nitrogens with zero attached hydrogens (tertiary/aromatic N) is 2. The zero-order valence-electron chi connectivity index (χ0n) is 17.2. The number of methoxy groups -OCH3 is 2. The molecule has 3 rings (SSSR count). The van der Waals surface area contributed by atoms with Crippen LogP contribution in [0.3, 0.4) is 0 Å². The minimum atomic E-state index is -0.891. The van der Waals surface area contributed by atoms with Crippen LogP contribution in [-0.4, -0.2) is 44.1 Å². The standard InChI is InChI=1S/C21H23N3O6/c1-21(2)15-11-16(22-19(25)13-5-7-14(30-4)8-6-13)18(24(27)28)12-17(15)23(20(21)26)9-10-29-3/h5-8,11-12H,9-10H2,1-4H3,(H,22,25). The van der Waals surface area contributed by atoms with Crippen molar-refractivity contribution in [2.45, 2.75) is 19.3 Å². The van der Waals surface area contributed by atoms with Crippen molar-refractivity contribution < 1.29 is 24.0 Å². The quantitative estimate of drug-likeness (QED) is 0.551. The lowest BCUT2D eigenvalue weighted by Crippen LogP contribution is -2.37. The third-order valence-electron chi connectivity index (χ3n) is 5.17. The van der Waals surface area contributed by atoms with Crippen LogP contribution in [0.5, 0.6) is 5.75 Å². The average molecular weight is 413 g/mol. The summed E-state index contributed by atoms with van der Waals surface area (Å²) >= 11 is 0. The Balaban J connectivity index is 2.01. The predicted octanol–water partition coefficient (Wildman–Crippen LogP) is 3.13. The van der Waals surface area contributed by atoms with Crippen LogP contribution in [0.15, 0.2) is 36.4 Å². The van der Waals surface area contributed by atoms with Crippen molar-refractivity contribution in [2.24, 2.45) is 0 Å². The summed E-state index contributed by atoms with van der Waals surface area (Å²) in [5, 5.41) is 14.3. The minimum absolute atomic E-state index is 0.0361. The molecule has 1 aliphatic heterocycles. The first-order chi connectivity index (χ1) is 14.2. The molecule has 2 aromatic carbocycles. The van der Waals surface area contributed by atoms with Crippen molar-refractivity contribution in [1.82, 2.24) is 0 Å². The Morgan fingerprint density at radius 2 is 1.87 bits per heavy atom. The molecule has 0 spiro atoms. The molecule has 2 aromatic rings. The number of nitrogens with one attached hydrogen (secondary N) is 1. The van der Waals surface area contributed by atoms with Crippen molar-refractivity contribution in [3.8, 4) is 5.75 Å². The van der Waals surface area contributed by atoms with Gasteiger partial charge in [-0.05, 0) is 49.7 Å². The lowest BCUT2D eigenvalue weighted by atomic mass is 9.85. The van der Waals surface area contributed by atoms with E-state index in [1.165, 1.54) is 31.3 Å². The van der Waals surface area contributed by atoms with Crippen molar-refractivity contribution >= 4 is 28.9 Å². The lowest BCUT2D eigenvalue weighted by molar-refractivity contribution is -0.383. The molecule has 0 unspecified atom stereocenters. The number of nitro benzene ring substituents is 1. The molecule has 1 N–H and O–H groups in total. The van der Waals surface area contributed by atoms with Gasteiger partial charge in [-0.15, -0.1) is 0 Å². The van der Waals surface area contributed by atoms with Gasteiger partial charge in [-0.1, -0.05) is 0 Å². The maximum Gasteiger partial charge on any atom is 0.294 e.